The van der Waals surface area contributed by atoms with Crippen LogP contribution >= 0.6 is 0 Å². The summed E-state index contributed by atoms with van der Waals surface area (Å²) in [6.45, 7) is 8.39. The summed E-state index contributed by atoms with van der Waals surface area (Å²) in [4.78, 5) is 61.0. The minimum atomic E-state index is -1.12. The Kier molecular flexibility index (Phi) is 8.95. The van der Waals surface area contributed by atoms with Crippen LogP contribution in [-0.2, 0) is 29.4 Å². The molecule has 41 heavy (non-hydrogen) atoms. The molecule has 3 aliphatic carbocycles. The summed E-state index contributed by atoms with van der Waals surface area (Å²) in [7, 11) is 0. The number of carboxylic acid groups (broad SMARTS) is 2. The Morgan fingerprint density at radius 3 is 2.00 bits per heavy atom. The molecule has 0 aliphatic heterocycles. The molecule has 224 valence electrons. The number of carbonyl (C=O) groups is 5. The molecule has 9 heteroatoms. The van der Waals surface area contributed by atoms with Crippen LogP contribution in [0.1, 0.15) is 115 Å². The minimum Gasteiger partial charge on any atom is -0.481 e. The molecular weight excluding hydrogens is 528 g/mol. The topological polar surface area (TPSA) is 144 Å². The fourth-order valence-corrected chi connectivity index (χ4v) is 7.29. The van der Waals surface area contributed by atoms with Crippen LogP contribution in [0, 0.1) is 23.2 Å². The number of hydrogen-bond acceptors (Lipinski definition) is 7. The van der Waals surface area contributed by atoms with Gasteiger partial charge in [0, 0.05) is 23.8 Å². The second-order valence-corrected chi connectivity index (χ2v) is 12.9. The number of hydrogen-bond donors (Lipinski definition) is 2. The van der Waals surface area contributed by atoms with Crippen molar-refractivity contribution < 1.29 is 43.7 Å². The molecule has 3 aliphatic rings. The van der Waals surface area contributed by atoms with Crippen molar-refractivity contribution >= 4 is 29.7 Å². The van der Waals surface area contributed by atoms with Crippen molar-refractivity contribution in [3.05, 3.63) is 23.3 Å². The highest BCUT2D eigenvalue weighted by Crippen LogP contribution is 2.82. The van der Waals surface area contributed by atoms with Crippen molar-refractivity contribution in [3.8, 4) is 11.5 Å². The first kappa shape index (κ1) is 30.7. The molecule has 2 N–H and O–H groups in total. The molecule has 0 aromatic heterocycles. The third kappa shape index (κ3) is 6.33. The second kappa shape index (κ2) is 11.9. The van der Waals surface area contributed by atoms with Crippen LogP contribution in [0.3, 0.4) is 0 Å². The summed E-state index contributed by atoms with van der Waals surface area (Å²) < 4.78 is 11.7. The third-order valence-corrected chi connectivity index (χ3v) is 9.77. The highest BCUT2D eigenvalue weighted by atomic mass is 16.5. The lowest BCUT2D eigenvalue weighted by Gasteiger charge is -2.37. The molecule has 0 amide bonds. The van der Waals surface area contributed by atoms with E-state index in [1.165, 1.54) is 0 Å². The van der Waals surface area contributed by atoms with Gasteiger partial charge in [-0.1, -0.05) is 53.4 Å². The summed E-state index contributed by atoms with van der Waals surface area (Å²) in [6, 6.07) is 3.57. The molecule has 0 radical (unpaired) electrons. The summed E-state index contributed by atoms with van der Waals surface area (Å²) >= 11 is 0. The maximum absolute atomic E-state index is 13.1. The fraction of sp³-hybridized carbons (Fsp3) is 0.656. The lowest BCUT2D eigenvalue weighted by molar-refractivity contribution is -0.142. The third-order valence-electron chi connectivity index (χ3n) is 9.77. The normalized spacial score (nSPS) is 26.0. The number of aliphatic carboxylic acids is 2. The van der Waals surface area contributed by atoms with Gasteiger partial charge in [0.2, 0.25) is 0 Å². The van der Waals surface area contributed by atoms with E-state index in [4.69, 9.17) is 19.7 Å². The first-order chi connectivity index (χ1) is 19.3. The van der Waals surface area contributed by atoms with Gasteiger partial charge in [0.25, 0.3) is 0 Å². The average Bonchev–Trinajstić information content (AvgIpc) is 3.44. The van der Waals surface area contributed by atoms with Crippen molar-refractivity contribution in [1.29, 1.82) is 0 Å². The summed E-state index contributed by atoms with van der Waals surface area (Å²) in [5.41, 5.74) is 0.751. The van der Waals surface area contributed by atoms with Gasteiger partial charge >= 0.3 is 23.9 Å². The maximum atomic E-state index is 13.1. The maximum Gasteiger partial charge on any atom is 0.311 e. The zero-order valence-electron chi connectivity index (χ0n) is 24.5. The van der Waals surface area contributed by atoms with E-state index < -0.39 is 23.9 Å². The number of carbonyl (C=O) groups excluding carboxylic acids is 3. The molecule has 0 spiro atoms. The standard InChI is InChI=1S/C32H42O9/c1-5-6-7-8-13-31(2,3)18-14-23(40-27(38)11-9-25(34)35)29(24(15-18)41-28(39)12-10-26(36)37)19-16-22(33)20-17-21-30(19)32(20,21)4/h14-15,19-21,30H,5-13,16-17H2,1-4H3,(H,34,35)(H,36,37)/t19?,20-,21?,30-,32?/m1/s1. The van der Waals surface area contributed by atoms with Crippen LogP contribution in [0.2, 0.25) is 0 Å². The van der Waals surface area contributed by atoms with Crippen molar-refractivity contribution in [2.24, 2.45) is 23.2 Å². The SMILES string of the molecule is CCCCCCC(C)(C)c1cc(OC(=O)CCC(=O)O)c(C2CC(=O)[C@H]3CC4[C@@H]2C43C)c(OC(=O)CCC(=O)O)c1. The summed E-state index contributed by atoms with van der Waals surface area (Å²) in [6.07, 6.45) is 4.73. The van der Waals surface area contributed by atoms with E-state index in [0.29, 0.717) is 11.5 Å². The van der Waals surface area contributed by atoms with Crippen LogP contribution in [0.25, 0.3) is 0 Å². The van der Waals surface area contributed by atoms with Gasteiger partial charge in [-0.3, -0.25) is 24.0 Å². The number of ketones is 1. The van der Waals surface area contributed by atoms with E-state index >= 15 is 0 Å². The highest BCUT2D eigenvalue weighted by Gasteiger charge is 2.78. The predicted octanol–water partition coefficient (Wildman–Crippen LogP) is 5.80. The van der Waals surface area contributed by atoms with Crippen molar-refractivity contribution in [1.82, 2.24) is 0 Å². The van der Waals surface area contributed by atoms with Gasteiger partial charge in [-0.05, 0) is 53.2 Å². The van der Waals surface area contributed by atoms with Gasteiger partial charge in [-0.15, -0.1) is 0 Å². The molecule has 3 fully saturated rings. The largest absolute Gasteiger partial charge is 0.481 e. The summed E-state index contributed by atoms with van der Waals surface area (Å²) in [5.74, 6) is -2.93. The van der Waals surface area contributed by atoms with Crippen LogP contribution in [-0.4, -0.2) is 39.9 Å². The Morgan fingerprint density at radius 2 is 1.49 bits per heavy atom. The molecule has 0 bridgehead atoms. The monoisotopic (exact) mass is 570 g/mol. The molecule has 0 saturated heterocycles. The second-order valence-electron chi connectivity index (χ2n) is 12.9. The Labute approximate surface area is 241 Å². The highest BCUT2D eigenvalue weighted by molar-refractivity contribution is 5.88. The molecule has 3 unspecified atom stereocenters. The number of Topliss-reactive ketones (excluding diaryl/α,β-unsaturated/α-hetero) is 1. The Bertz CT molecular complexity index is 1180. The van der Waals surface area contributed by atoms with Crippen LogP contribution in [0.4, 0.5) is 0 Å². The van der Waals surface area contributed by atoms with E-state index in [-0.39, 0.29) is 78.0 Å². The summed E-state index contributed by atoms with van der Waals surface area (Å²) in [5, 5.41) is 18.2. The Hall–Kier alpha value is -3.23. The molecule has 5 atom stereocenters. The van der Waals surface area contributed by atoms with Gasteiger partial charge in [-0.25, -0.2) is 0 Å². The first-order valence-electron chi connectivity index (χ1n) is 14.9. The predicted molar refractivity (Wildman–Crippen MR) is 149 cm³/mol. The Morgan fingerprint density at radius 1 is 0.927 bits per heavy atom. The smallest absolute Gasteiger partial charge is 0.311 e. The van der Waals surface area contributed by atoms with Crippen molar-refractivity contribution in [3.63, 3.8) is 0 Å². The molecule has 0 heterocycles. The van der Waals surface area contributed by atoms with Crippen LogP contribution < -0.4 is 9.47 Å². The van der Waals surface area contributed by atoms with Gasteiger partial charge in [-0.2, -0.15) is 0 Å². The molecule has 1 aromatic carbocycles. The van der Waals surface area contributed by atoms with E-state index in [1.54, 1.807) is 12.1 Å². The van der Waals surface area contributed by atoms with Crippen LogP contribution in [0.5, 0.6) is 11.5 Å². The average molecular weight is 571 g/mol. The van der Waals surface area contributed by atoms with E-state index in [0.717, 1.165) is 44.1 Å². The van der Waals surface area contributed by atoms with Gasteiger partial charge in [0.05, 0.1) is 25.7 Å². The fourth-order valence-electron chi connectivity index (χ4n) is 7.29. The van der Waals surface area contributed by atoms with E-state index in [9.17, 15) is 24.0 Å². The zero-order chi connectivity index (χ0) is 30.1. The van der Waals surface area contributed by atoms with Crippen molar-refractivity contribution in [2.45, 2.75) is 110 Å². The number of benzene rings is 1. The van der Waals surface area contributed by atoms with Crippen LogP contribution in [0.15, 0.2) is 12.1 Å². The molecule has 3 saturated carbocycles. The number of fused-ring (bicyclic) bond motifs is 1. The van der Waals surface area contributed by atoms with Gasteiger partial charge in [0.15, 0.2) is 0 Å². The van der Waals surface area contributed by atoms with E-state index in [1.807, 2.05) is 0 Å². The molecule has 1 aromatic rings. The van der Waals surface area contributed by atoms with E-state index in [2.05, 4.69) is 27.7 Å². The van der Waals surface area contributed by atoms with Gasteiger partial charge in [0.1, 0.15) is 17.3 Å². The Balaban J connectivity index is 1.77. The number of ether oxygens (including phenoxy) is 2. The van der Waals surface area contributed by atoms with Crippen molar-refractivity contribution in [2.75, 3.05) is 0 Å². The minimum absolute atomic E-state index is 0.0261. The number of rotatable bonds is 15. The lowest BCUT2D eigenvalue weighted by Crippen LogP contribution is -2.37. The number of esters is 2. The quantitative estimate of drug-likeness (QED) is 0.152. The molecule has 4 rings (SSSR count). The molecular formula is C32H42O9. The first-order valence-corrected chi connectivity index (χ1v) is 14.9. The van der Waals surface area contributed by atoms with Gasteiger partial charge < -0.3 is 19.7 Å². The zero-order valence-corrected chi connectivity index (χ0v) is 24.5. The number of unbranched alkanes of at least 4 members (excludes halogenated alkanes) is 3. The molecule has 9 nitrogen and oxygen atoms in total. The number of carboxylic acids is 2. The lowest BCUT2D eigenvalue weighted by atomic mass is 9.66.